The number of nitro groups is 1. The number of benzene rings is 3. The van der Waals surface area contributed by atoms with Crippen LogP contribution in [0.15, 0.2) is 98.9 Å². The molecular weight excluding hydrogens is 628 g/mol. The number of rotatable bonds is 11. The number of carbonyl (C=O) groups excluding carboxylic acids is 1. The normalized spacial score (nSPS) is 11.1. The van der Waals surface area contributed by atoms with E-state index in [-0.39, 0.29) is 30.4 Å². The summed E-state index contributed by atoms with van der Waals surface area (Å²) in [6.45, 7) is 6.37. The lowest BCUT2D eigenvalue weighted by molar-refractivity contribution is -0.386. The molecule has 0 saturated heterocycles. The quantitative estimate of drug-likeness (QED) is 0.0888. The number of amides is 1. The molecule has 44 heavy (non-hydrogen) atoms. The molecule has 3 aromatic carbocycles. The van der Waals surface area contributed by atoms with Gasteiger partial charge in [-0.25, -0.2) is 5.43 Å². The Hall–Kier alpha value is -5.16. The van der Waals surface area contributed by atoms with Crippen LogP contribution in [0.5, 0.6) is 11.5 Å². The van der Waals surface area contributed by atoms with Crippen LogP contribution in [0.3, 0.4) is 0 Å². The van der Waals surface area contributed by atoms with E-state index in [0.29, 0.717) is 21.5 Å². The van der Waals surface area contributed by atoms with Crippen LogP contribution in [0.1, 0.15) is 44.4 Å². The maximum absolute atomic E-state index is 12.6. The van der Waals surface area contributed by atoms with Gasteiger partial charge in [0.15, 0.2) is 5.76 Å². The number of halogens is 1. The third-order valence-corrected chi connectivity index (χ3v) is 7.31. The van der Waals surface area contributed by atoms with Crippen molar-refractivity contribution < 1.29 is 23.6 Å². The van der Waals surface area contributed by atoms with Gasteiger partial charge in [0.25, 0.3) is 0 Å². The van der Waals surface area contributed by atoms with Gasteiger partial charge in [0.1, 0.15) is 24.7 Å². The van der Waals surface area contributed by atoms with Crippen LogP contribution in [-0.4, -0.2) is 21.6 Å². The number of nitro benzene ring substituents is 1. The van der Waals surface area contributed by atoms with Gasteiger partial charge in [0, 0.05) is 28.7 Å². The molecule has 224 valence electrons. The van der Waals surface area contributed by atoms with E-state index in [1.807, 2.05) is 55.5 Å². The lowest BCUT2D eigenvalue weighted by atomic mass is 10.1. The zero-order valence-electron chi connectivity index (χ0n) is 24.2. The van der Waals surface area contributed by atoms with Crippen molar-refractivity contribution in [1.29, 1.82) is 0 Å². The van der Waals surface area contributed by atoms with E-state index in [1.165, 1.54) is 18.3 Å². The van der Waals surface area contributed by atoms with Crippen molar-refractivity contribution >= 4 is 33.7 Å². The van der Waals surface area contributed by atoms with Crippen molar-refractivity contribution in [2.45, 2.75) is 34.0 Å². The van der Waals surface area contributed by atoms with Gasteiger partial charge < -0.3 is 18.5 Å². The van der Waals surface area contributed by atoms with Crippen molar-refractivity contribution in [3.05, 3.63) is 139 Å². The minimum atomic E-state index is -0.582. The molecule has 11 heteroatoms. The van der Waals surface area contributed by atoms with Crippen molar-refractivity contribution in [3.8, 4) is 17.2 Å². The van der Waals surface area contributed by atoms with Gasteiger partial charge in [-0.1, -0.05) is 29.8 Å². The molecule has 0 aliphatic carbocycles. The number of hydrogen-bond donors (Lipinski definition) is 1. The Morgan fingerprint density at radius 2 is 1.73 bits per heavy atom. The highest BCUT2D eigenvalue weighted by Crippen LogP contribution is 2.36. The number of nitrogens with zero attached hydrogens (tertiary/aromatic N) is 3. The van der Waals surface area contributed by atoms with Crippen molar-refractivity contribution in [2.24, 2.45) is 5.10 Å². The van der Waals surface area contributed by atoms with E-state index in [2.05, 4.69) is 57.0 Å². The summed E-state index contributed by atoms with van der Waals surface area (Å²) in [5.74, 6) is 0.684. The molecule has 5 aromatic rings. The second-order valence-corrected chi connectivity index (χ2v) is 10.9. The second kappa shape index (κ2) is 13.4. The van der Waals surface area contributed by atoms with Gasteiger partial charge in [-0.2, -0.15) is 5.10 Å². The van der Waals surface area contributed by atoms with E-state index in [9.17, 15) is 14.9 Å². The summed E-state index contributed by atoms with van der Waals surface area (Å²) < 4.78 is 19.7. The lowest BCUT2D eigenvalue weighted by Gasteiger charge is -2.10. The first-order valence-corrected chi connectivity index (χ1v) is 14.4. The summed E-state index contributed by atoms with van der Waals surface area (Å²) in [6.07, 6.45) is 1.30. The number of hydrazone groups is 1. The van der Waals surface area contributed by atoms with E-state index < -0.39 is 10.8 Å². The highest BCUT2D eigenvalue weighted by atomic mass is 79.9. The molecule has 0 unspecified atom stereocenters. The van der Waals surface area contributed by atoms with Crippen molar-refractivity contribution in [2.75, 3.05) is 0 Å². The predicted molar refractivity (Wildman–Crippen MR) is 170 cm³/mol. The molecule has 0 bridgehead atoms. The molecule has 2 heterocycles. The van der Waals surface area contributed by atoms with Crippen LogP contribution in [0, 0.1) is 30.9 Å². The number of nitrogens with one attached hydrogen (secondary N) is 1. The molecule has 0 radical (unpaired) electrons. The van der Waals surface area contributed by atoms with Gasteiger partial charge in [-0.3, -0.25) is 14.9 Å². The van der Waals surface area contributed by atoms with E-state index in [0.717, 1.165) is 28.2 Å². The number of aromatic nitrogens is 1. The fraction of sp³-hybridized carbons (Fsp3) is 0.152. The van der Waals surface area contributed by atoms with Gasteiger partial charge in [0.2, 0.25) is 5.75 Å². The highest BCUT2D eigenvalue weighted by Gasteiger charge is 2.20. The number of furan rings is 1. The van der Waals surface area contributed by atoms with Crippen LogP contribution in [0.2, 0.25) is 0 Å². The van der Waals surface area contributed by atoms with Gasteiger partial charge in [0.05, 0.1) is 15.6 Å². The summed E-state index contributed by atoms with van der Waals surface area (Å²) in [7, 11) is 0. The standard InChI is InChI=1S/C33H29BrN4O6/c1-21-5-4-6-24(15-21)19-43-32-29(34)16-25(17-30(32)38(40)41)18-35-36-33(39)31-14-13-28(44-31)20-42-27-11-9-26(10-12-27)37-22(2)7-8-23(37)3/h4-18H,19-20H2,1-3H3,(H,36,39)/b35-18+. The van der Waals surface area contributed by atoms with Crippen molar-refractivity contribution in [3.63, 3.8) is 0 Å². The molecule has 0 atom stereocenters. The van der Waals surface area contributed by atoms with Crippen LogP contribution < -0.4 is 14.9 Å². The molecular formula is C33H29BrN4O6. The summed E-state index contributed by atoms with van der Waals surface area (Å²) in [4.78, 5) is 23.8. The largest absolute Gasteiger partial charge is 0.486 e. The summed E-state index contributed by atoms with van der Waals surface area (Å²) in [5.41, 5.74) is 7.81. The summed E-state index contributed by atoms with van der Waals surface area (Å²) in [5, 5.41) is 15.7. The third-order valence-electron chi connectivity index (χ3n) is 6.72. The number of hydrogen-bond acceptors (Lipinski definition) is 7. The highest BCUT2D eigenvalue weighted by molar-refractivity contribution is 9.10. The molecule has 2 aromatic heterocycles. The molecule has 0 fully saturated rings. The Balaban J connectivity index is 1.17. The summed E-state index contributed by atoms with van der Waals surface area (Å²) in [6, 6.07) is 25.7. The average molecular weight is 658 g/mol. The van der Waals surface area contributed by atoms with Gasteiger partial charge in [-0.05, 0) is 96.9 Å². The molecule has 1 amide bonds. The third kappa shape index (κ3) is 7.24. The van der Waals surface area contributed by atoms with Crippen LogP contribution in [0.25, 0.3) is 5.69 Å². The Kier molecular flexibility index (Phi) is 9.25. The van der Waals surface area contributed by atoms with Crippen LogP contribution >= 0.6 is 15.9 Å². The number of aryl methyl sites for hydroxylation is 3. The number of carbonyl (C=O) groups is 1. The molecule has 10 nitrogen and oxygen atoms in total. The van der Waals surface area contributed by atoms with Crippen molar-refractivity contribution in [1.82, 2.24) is 9.99 Å². The van der Waals surface area contributed by atoms with Gasteiger partial charge >= 0.3 is 11.6 Å². The molecule has 0 aliphatic rings. The first kappa shape index (κ1) is 30.3. The monoisotopic (exact) mass is 656 g/mol. The SMILES string of the molecule is Cc1cccc(COc2c(Br)cc(/C=N/NC(=O)c3ccc(COc4ccc(-n5c(C)ccc5C)cc4)o3)cc2[N+](=O)[O-])c1. The van der Waals surface area contributed by atoms with E-state index in [1.54, 1.807) is 12.1 Å². The molecule has 1 N–H and O–H groups in total. The number of ether oxygens (including phenoxy) is 2. The zero-order chi connectivity index (χ0) is 31.2. The smallest absolute Gasteiger partial charge is 0.312 e. The minimum absolute atomic E-state index is 0.0433. The second-order valence-electron chi connectivity index (χ2n) is 10.1. The van der Waals surface area contributed by atoms with E-state index in [4.69, 9.17) is 13.9 Å². The minimum Gasteiger partial charge on any atom is -0.486 e. The zero-order valence-corrected chi connectivity index (χ0v) is 25.8. The lowest BCUT2D eigenvalue weighted by Crippen LogP contribution is -2.16. The molecule has 0 aliphatic heterocycles. The molecule has 0 spiro atoms. The van der Waals surface area contributed by atoms with Gasteiger partial charge in [-0.15, -0.1) is 0 Å². The fourth-order valence-electron chi connectivity index (χ4n) is 4.63. The topological polar surface area (TPSA) is 121 Å². The maximum Gasteiger partial charge on any atom is 0.312 e. The molecule has 0 saturated carbocycles. The Labute approximate surface area is 262 Å². The van der Waals surface area contributed by atoms with Crippen LogP contribution in [-0.2, 0) is 13.2 Å². The predicted octanol–water partition coefficient (Wildman–Crippen LogP) is 7.59. The Morgan fingerprint density at radius 1 is 0.977 bits per heavy atom. The molecule has 5 rings (SSSR count). The Bertz CT molecular complexity index is 1820. The van der Waals surface area contributed by atoms with E-state index >= 15 is 0 Å². The first-order chi connectivity index (χ1) is 21.2. The fourth-order valence-corrected chi connectivity index (χ4v) is 5.21. The van der Waals surface area contributed by atoms with Crippen LogP contribution in [0.4, 0.5) is 5.69 Å². The first-order valence-electron chi connectivity index (χ1n) is 13.6. The summed E-state index contributed by atoms with van der Waals surface area (Å²) >= 11 is 3.36. The Morgan fingerprint density at radius 3 is 2.43 bits per heavy atom. The maximum atomic E-state index is 12.6. The average Bonchev–Trinajstić information content (AvgIpc) is 3.61.